The van der Waals surface area contributed by atoms with E-state index in [2.05, 4.69) is 15.2 Å². The monoisotopic (exact) mass is 538 g/mol. The van der Waals surface area contributed by atoms with Crippen molar-refractivity contribution >= 4 is 11.8 Å². The third-order valence-corrected chi connectivity index (χ3v) is 7.04. The number of piperidine rings is 1. The van der Waals surface area contributed by atoms with Gasteiger partial charge in [0.05, 0.1) is 12.1 Å². The third kappa shape index (κ3) is 6.94. The van der Waals surface area contributed by atoms with E-state index in [1.807, 2.05) is 0 Å². The van der Waals surface area contributed by atoms with E-state index in [1.165, 1.54) is 30.5 Å². The molecule has 0 spiro atoms. The first-order valence-corrected chi connectivity index (χ1v) is 13.0. The summed E-state index contributed by atoms with van der Waals surface area (Å²) in [5.41, 5.74) is 1.19. The fourth-order valence-corrected chi connectivity index (χ4v) is 5.01. The van der Waals surface area contributed by atoms with Crippen LogP contribution in [0.15, 0.2) is 60.8 Å². The molecule has 3 heterocycles. The zero-order valence-electron chi connectivity index (χ0n) is 21.3. The van der Waals surface area contributed by atoms with Gasteiger partial charge in [0.2, 0.25) is 0 Å². The number of rotatable bonds is 7. The standard InChI is InChI=1S/C29H29F3N4O3/c30-21-2-4-25(5-3-21)39-26-9-12-36(18-26)29(38)20-1-6-27(33-16-20)28(37)34-24-7-10-35(11-8-24)17-19-13-22(31)15-23(32)14-19/h1-6,13-16,24,26H,7-12,17-18H2,(H,34,37). The Kier molecular flexibility index (Phi) is 8.11. The molecule has 2 aliphatic heterocycles. The quantitative estimate of drug-likeness (QED) is 0.489. The van der Waals surface area contributed by atoms with E-state index in [1.54, 1.807) is 29.2 Å². The molecular weight excluding hydrogens is 509 g/mol. The Morgan fingerprint density at radius 1 is 0.897 bits per heavy atom. The van der Waals surface area contributed by atoms with E-state index in [0.29, 0.717) is 68.9 Å². The number of ether oxygens (including phenoxy) is 1. The highest BCUT2D eigenvalue weighted by Gasteiger charge is 2.29. The number of amides is 2. The Balaban J connectivity index is 1.08. The van der Waals surface area contributed by atoms with Crippen LogP contribution in [-0.2, 0) is 6.54 Å². The lowest BCUT2D eigenvalue weighted by Gasteiger charge is -2.32. The summed E-state index contributed by atoms with van der Waals surface area (Å²) in [7, 11) is 0. The summed E-state index contributed by atoms with van der Waals surface area (Å²) in [5, 5.41) is 2.99. The van der Waals surface area contributed by atoms with Crippen LogP contribution in [0.25, 0.3) is 0 Å². The van der Waals surface area contributed by atoms with Crippen molar-refractivity contribution in [1.82, 2.24) is 20.1 Å². The second-order valence-corrected chi connectivity index (χ2v) is 9.97. The Morgan fingerprint density at radius 2 is 1.62 bits per heavy atom. The summed E-state index contributed by atoms with van der Waals surface area (Å²) in [6, 6.07) is 12.4. The van der Waals surface area contributed by atoms with Crippen LogP contribution in [0.2, 0.25) is 0 Å². The van der Waals surface area contributed by atoms with Crippen molar-refractivity contribution in [2.24, 2.45) is 0 Å². The summed E-state index contributed by atoms with van der Waals surface area (Å²) in [4.78, 5) is 33.6. The molecule has 2 saturated heterocycles. The first kappa shape index (κ1) is 26.7. The van der Waals surface area contributed by atoms with E-state index in [4.69, 9.17) is 4.74 Å². The molecule has 10 heteroatoms. The topological polar surface area (TPSA) is 74.8 Å². The van der Waals surface area contributed by atoms with Gasteiger partial charge in [0, 0.05) is 50.9 Å². The van der Waals surface area contributed by atoms with Crippen molar-refractivity contribution in [3.05, 3.63) is 95.1 Å². The number of benzene rings is 2. The first-order chi connectivity index (χ1) is 18.8. The van der Waals surface area contributed by atoms with Crippen LogP contribution >= 0.6 is 0 Å². The maximum atomic E-state index is 13.4. The van der Waals surface area contributed by atoms with E-state index in [9.17, 15) is 22.8 Å². The molecule has 2 amide bonds. The second-order valence-electron chi connectivity index (χ2n) is 9.97. The lowest BCUT2D eigenvalue weighted by Crippen LogP contribution is -2.44. The van der Waals surface area contributed by atoms with Crippen molar-refractivity contribution in [1.29, 1.82) is 0 Å². The van der Waals surface area contributed by atoms with Gasteiger partial charge in [-0.15, -0.1) is 0 Å². The Hall–Kier alpha value is -3.92. The second kappa shape index (κ2) is 11.9. The first-order valence-electron chi connectivity index (χ1n) is 13.0. The minimum Gasteiger partial charge on any atom is -0.489 e. The average Bonchev–Trinajstić information content (AvgIpc) is 3.39. The Morgan fingerprint density at radius 3 is 2.28 bits per heavy atom. The minimum absolute atomic E-state index is 0.0382. The van der Waals surface area contributed by atoms with Gasteiger partial charge in [-0.2, -0.15) is 0 Å². The number of halogens is 3. The summed E-state index contributed by atoms with van der Waals surface area (Å²) in [6.45, 7) is 2.75. The van der Waals surface area contributed by atoms with Gasteiger partial charge in [0.15, 0.2) is 0 Å². The largest absolute Gasteiger partial charge is 0.489 e. The number of carbonyl (C=O) groups is 2. The molecule has 0 saturated carbocycles. The number of hydrogen-bond acceptors (Lipinski definition) is 5. The number of nitrogens with one attached hydrogen (secondary N) is 1. The molecule has 2 fully saturated rings. The third-order valence-electron chi connectivity index (χ3n) is 7.04. The zero-order chi connectivity index (χ0) is 27.4. The van der Waals surface area contributed by atoms with Gasteiger partial charge in [-0.05, 0) is 66.9 Å². The van der Waals surface area contributed by atoms with Gasteiger partial charge in [-0.25, -0.2) is 13.2 Å². The maximum Gasteiger partial charge on any atom is 0.270 e. The van der Waals surface area contributed by atoms with E-state index in [-0.39, 0.29) is 35.5 Å². The van der Waals surface area contributed by atoms with Crippen molar-refractivity contribution < 1.29 is 27.5 Å². The van der Waals surface area contributed by atoms with Crippen LogP contribution in [0.4, 0.5) is 13.2 Å². The van der Waals surface area contributed by atoms with Crippen molar-refractivity contribution in [2.45, 2.75) is 38.0 Å². The highest BCUT2D eigenvalue weighted by atomic mass is 19.1. The summed E-state index contributed by atoms with van der Waals surface area (Å²) >= 11 is 0. The van der Waals surface area contributed by atoms with E-state index >= 15 is 0 Å². The van der Waals surface area contributed by atoms with E-state index in [0.717, 1.165) is 6.07 Å². The highest BCUT2D eigenvalue weighted by Crippen LogP contribution is 2.21. The molecule has 204 valence electrons. The SMILES string of the molecule is O=C(NC1CCN(Cc2cc(F)cc(F)c2)CC1)c1ccc(C(=O)N2CCC(Oc3ccc(F)cc3)C2)cn1. The normalized spacial score (nSPS) is 18.2. The molecule has 0 aliphatic carbocycles. The molecule has 5 rings (SSSR count). The molecule has 2 aliphatic rings. The maximum absolute atomic E-state index is 13.4. The van der Waals surface area contributed by atoms with Crippen LogP contribution in [0.3, 0.4) is 0 Å². The molecule has 1 aromatic heterocycles. The molecule has 0 bridgehead atoms. The lowest BCUT2D eigenvalue weighted by molar-refractivity contribution is 0.0770. The van der Waals surface area contributed by atoms with Crippen molar-refractivity contribution in [3.63, 3.8) is 0 Å². The molecule has 1 N–H and O–H groups in total. The summed E-state index contributed by atoms with van der Waals surface area (Å²) < 4.78 is 45.8. The van der Waals surface area contributed by atoms with Crippen LogP contribution in [0, 0.1) is 17.5 Å². The molecule has 3 aromatic rings. The number of carbonyl (C=O) groups excluding carboxylic acids is 2. The number of likely N-dealkylation sites (tertiary alicyclic amines) is 2. The average molecular weight is 539 g/mol. The van der Waals surface area contributed by atoms with Crippen molar-refractivity contribution in [3.8, 4) is 5.75 Å². The molecular formula is C29H29F3N4O3. The molecule has 7 nitrogen and oxygen atoms in total. The molecule has 0 radical (unpaired) electrons. The number of aromatic nitrogens is 1. The molecule has 39 heavy (non-hydrogen) atoms. The van der Waals surface area contributed by atoms with Crippen LogP contribution in [0.5, 0.6) is 5.75 Å². The Labute approximate surface area is 224 Å². The predicted octanol–water partition coefficient (Wildman–Crippen LogP) is 4.19. The van der Waals surface area contributed by atoms with Crippen LogP contribution in [0.1, 0.15) is 45.7 Å². The van der Waals surface area contributed by atoms with Crippen LogP contribution in [-0.4, -0.2) is 64.9 Å². The van der Waals surface area contributed by atoms with Gasteiger partial charge < -0.3 is 15.0 Å². The van der Waals surface area contributed by atoms with E-state index < -0.39 is 11.6 Å². The summed E-state index contributed by atoms with van der Waals surface area (Å²) in [6.07, 6.45) is 3.30. The number of nitrogens with zero attached hydrogens (tertiary/aromatic N) is 3. The smallest absolute Gasteiger partial charge is 0.270 e. The molecule has 1 atom stereocenters. The fraction of sp³-hybridized carbons (Fsp3) is 0.345. The zero-order valence-corrected chi connectivity index (χ0v) is 21.3. The predicted molar refractivity (Wildman–Crippen MR) is 138 cm³/mol. The van der Waals surface area contributed by atoms with Crippen LogP contribution < -0.4 is 10.1 Å². The summed E-state index contributed by atoms with van der Waals surface area (Å²) in [5.74, 6) is -1.46. The fourth-order valence-electron chi connectivity index (χ4n) is 5.01. The Bertz CT molecular complexity index is 1290. The number of pyridine rings is 1. The van der Waals surface area contributed by atoms with Gasteiger partial charge in [0.25, 0.3) is 11.8 Å². The molecule has 2 aromatic carbocycles. The molecule has 1 unspecified atom stereocenters. The number of hydrogen-bond donors (Lipinski definition) is 1. The lowest BCUT2D eigenvalue weighted by atomic mass is 10.0. The van der Waals surface area contributed by atoms with Gasteiger partial charge in [0.1, 0.15) is 35.0 Å². The van der Waals surface area contributed by atoms with Gasteiger partial charge in [-0.1, -0.05) is 0 Å². The highest BCUT2D eigenvalue weighted by molar-refractivity contribution is 5.96. The minimum atomic E-state index is -0.590. The van der Waals surface area contributed by atoms with Gasteiger partial charge in [-0.3, -0.25) is 19.5 Å². The van der Waals surface area contributed by atoms with Gasteiger partial charge >= 0.3 is 0 Å². The van der Waals surface area contributed by atoms with Crippen molar-refractivity contribution in [2.75, 3.05) is 26.2 Å².